The van der Waals surface area contributed by atoms with Crippen LogP contribution in [0.15, 0.2) is 36.9 Å². The van der Waals surface area contributed by atoms with E-state index in [0.29, 0.717) is 6.04 Å². The predicted octanol–water partition coefficient (Wildman–Crippen LogP) is 1.71. The van der Waals surface area contributed by atoms with Crippen molar-refractivity contribution in [2.75, 3.05) is 6.54 Å². The fraction of sp³-hybridized carbons (Fsp3) is 0.385. The fourth-order valence-corrected chi connectivity index (χ4v) is 1.80. The number of hydrogen-bond donors (Lipinski definition) is 1. The van der Waals surface area contributed by atoms with Crippen LogP contribution in [0.3, 0.4) is 0 Å². The van der Waals surface area contributed by atoms with Gasteiger partial charge in [-0.3, -0.25) is 9.67 Å². The Labute approximate surface area is 102 Å². The standard InChI is InChI=1S/C13H18N4/c1-11(13-4-6-14-7-5-13)15-8-3-12-9-16-17(2)10-12/h4-7,9-11,15H,3,8H2,1-2H3/t11-/m0/s1. The minimum atomic E-state index is 0.356. The van der Waals surface area contributed by atoms with E-state index >= 15 is 0 Å². The third-order valence-corrected chi connectivity index (χ3v) is 2.83. The molecule has 4 nitrogen and oxygen atoms in total. The second kappa shape index (κ2) is 5.59. The SMILES string of the molecule is C[C@H](NCCc1cnn(C)c1)c1ccncc1. The Bertz CT molecular complexity index is 449. The van der Waals surface area contributed by atoms with Crippen molar-refractivity contribution >= 4 is 0 Å². The molecule has 0 saturated heterocycles. The number of rotatable bonds is 5. The number of pyridine rings is 1. The van der Waals surface area contributed by atoms with Gasteiger partial charge in [0.05, 0.1) is 6.20 Å². The highest BCUT2D eigenvalue weighted by Gasteiger charge is 2.03. The molecular weight excluding hydrogens is 212 g/mol. The van der Waals surface area contributed by atoms with Crippen molar-refractivity contribution in [3.8, 4) is 0 Å². The monoisotopic (exact) mass is 230 g/mol. The van der Waals surface area contributed by atoms with Gasteiger partial charge in [-0.15, -0.1) is 0 Å². The van der Waals surface area contributed by atoms with Gasteiger partial charge in [0.25, 0.3) is 0 Å². The second-order valence-corrected chi connectivity index (χ2v) is 4.23. The first-order valence-corrected chi connectivity index (χ1v) is 5.86. The lowest BCUT2D eigenvalue weighted by atomic mass is 10.1. The van der Waals surface area contributed by atoms with Crippen molar-refractivity contribution in [3.05, 3.63) is 48.0 Å². The molecule has 0 aromatic carbocycles. The molecule has 2 heterocycles. The normalized spacial score (nSPS) is 12.6. The summed E-state index contributed by atoms with van der Waals surface area (Å²) in [7, 11) is 1.94. The third-order valence-electron chi connectivity index (χ3n) is 2.83. The molecule has 0 aliphatic heterocycles. The van der Waals surface area contributed by atoms with E-state index in [9.17, 15) is 0 Å². The minimum Gasteiger partial charge on any atom is -0.310 e. The molecule has 2 rings (SSSR count). The first-order chi connectivity index (χ1) is 8.25. The van der Waals surface area contributed by atoms with Crippen molar-refractivity contribution in [1.82, 2.24) is 20.1 Å². The van der Waals surface area contributed by atoms with E-state index in [-0.39, 0.29) is 0 Å². The smallest absolute Gasteiger partial charge is 0.0522 e. The van der Waals surface area contributed by atoms with Crippen molar-refractivity contribution in [2.24, 2.45) is 7.05 Å². The zero-order valence-corrected chi connectivity index (χ0v) is 10.3. The molecule has 2 aromatic rings. The molecule has 4 heteroatoms. The van der Waals surface area contributed by atoms with Gasteiger partial charge >= 0.3 is 0 Å². The summed E-state index contributed by atoms with van der Waals surface area (Å²) < 4.78 is 1.83. The molecule has 0 amide bonds. The maximum Gasteiger partial charge on any atom is 0.0522 e. The maximum absolute atomic E-state index is 4.15. The third kappa shape index (κ3) is 3.39. The van der Waals surface area contributed by atoms with Gasteiger partial charge in [-0.05, 0) is 43.1 Å². The number of nitrogens with zero attached hydrogens (tertiary/aromatic N) is 3. The van der Waals surface area contributed by atoms with Crippen LogP contribution in [0.1, 0.15) is 24.1 Å². The van der Waals surface area contributed by atoms with Gasteiger partial charge in [0.1, 0.15) is 0 Å². The highest BCUT2D eigenvalue weighted by molar-refractivity contribution is 5.14. The molecule has 0 spiro atoms. The summed E-state index contributed by atoms with van der Waals surface area (Å²) in [5.41, 5.74) is 2.54. The molecule has 2 aromatic heterocycles. The average molecular weight is 230 g/mol. The molecule has 0 unspecified atom stereocenters. The molecular formula is C13H18N4. The Morgan fingerprint density at radius 3 is 2.76 bits per heavy atom. The molecule has 90 valence electrons. The molecule has 0 aliphatic rings. The Balaban J connectivity index is 1.79. The van der Waals surface area contributed by atoms with Crippen molar-refractivity contribution < 1.29 is 0 Å². The van der Waals surface area contributed by atoms with E-state index in [1.807, 2.05) is 42.5 Å². The van der Waals surface area contributed by atoms with Gasteiger partial charge in [-0.25, -0.2) is 0 Å². The largest absolute Gasteiger partial charge is 0.310 e. The van der Waals surface area contributed by atoms with Crippen LogP contribution in [-0.4, -0.2) is 21.3 Å². The van der Waals surface area contributed by atoms with Crippen LogP contribution in [0, 0.1) is 0 Å². The van der Waals surface area contributed by atoms with Gasteiger partial charge in [0, 0.05) is 31.7 Å². The van der Waals surface area contributed by atoms with Crippen molar-refractivity contribution in [2.45, 2.75) is 19.4 Å². The molecule has 1 atom stereocenters. The van der Waals surface area contributed by atoms with E-state index in [1.54, 1.807) is 0 Å². The van der Waals surface area contributed by atoms with Gasteiger partial charge in [0.15, 0.2) is 0 Å². The van der Waals surface area contributed by atoms with Gasteiger partial charge in [0.2, 0.25) is 0 Å². The molecule has 0 fully saturated rings. The number of nitrogens with one attached hydrogen (secondary N) is 1. The highest BCUT2D eigenvalue weighted by Crippen LogP contribution is 2.09. The molecule has 0 bridgehead atoms. The lowest BCUT2D eigenvalue weighted by Gasteiger charge is -2.13. The van der Waals surface area contributed by atoms with Crippen LogP contribution < -0.4 is 5.32 Å². The molecule has 0 saturated carbocycles. The number of aromatic nitrogens is 3. The molecule has 1 N–H and O–H groups in total. The first kappa shape index (κ1) is 11.8. The summed E-state index contributed by atoms with van der Waals surface area (Å²) in [6.07, 6.45) is 8.63. The Morgan fingerprint density at radius 2 is 2.12 bits per heavy atom. The van der Waals surface area contributed by atoms with E-state index in [4.69, 9.17) is 0 Å². The Kier molecular flexibility index (Phi) is 3.88. The zero-order valence-electron chi connectivity index (χ0n) is 10.3. The summed E-state index contributed by atoms with van der Waals surface area (Å²) >= 11 is 0. The lowest BCUT2D eigenvalue weighted by Crippen LogP contribution is -2.21. The fourth-order valence-electron chi connectivity index (χ4n) is 1.80. The summed E-state index contributed by atoms with van der Waals surface area (Å²) in [6, 6.07) is 4.44. The molecule has 0 aliphatic carbocycles. The van der Waals surface area contributed by atoms with Crippen molar-refractivity contribution in [3.63, 3.8) is 0 Å². The van der Waals surface area contributed by atoms with Crippen molar-refractivity contribution in [1.29, 1.82) is 0 Å². The van der Waals surface area contributed by atoms with Crippen LogP contribution in [0.5, 0.6) is 0 Å². The quantitative estimate of drug-likeness (QED) is 0.850. The number of aryl methyl sites for hydroxylation is 1. The van der Waals surface area contributed by atoms with Crippen LogP contribution in [-0.2, 0) is 13.5 Å². The second-order valence-electron chi connectivity index (χ2n) is 4.23. The van der Waals surface area contributed by atoms with E-state index in [0.717, 1.165) is 13.0 Å². The van der Waals surface area contributed by atoms with E-state index < -0.39 is 0 Å². The summed E-state index contributed by atoms with van der Waals surface area (Å²) in [4.78, 5) is 4.02. The summed E-state index contributed by atoms with van der Waals surface area (Å²) in [5, 5.41) is 7.64. The van der Waals surface area contributed by atoms with Crippen LogP contribution >= 0.6 is 0 Å². The maximum atomic E-state index is 4.15. The molecule has 17 heavy (non-hydrogen) atoms. The topological polar surface area (TPSA) is 42.7 Å². The van der Waals surface area contributed by atoms with Gasteiger partial charge in [-0.1, -0.05) is 0 Å². The zero-order chi connectivity index (χ0) is 12.1. The highest BCUT2D eigenvalue weighted by atomic mass is 15.2. The van der Waals surface area contributed by atoms with Gasteiger partial charge < -0.3 is 5.32 Å². The lowest BCUT2D eigenvalue weighted by molar-refractivity contribution is 0.576. The van der Waals surface area contributed by atoms with Crippen LogP contribution in [0.25, 0.3) is 0 Å². The average Bonchev–Trinajstić information content (AvgIpc) is 2.76. The molecule has 0 radical (unpaired) electrons. The predicted molar refractivity (Wildman–Crippen MR) is 67.6 cm³/mol. The Morgan fingerprint density at radius 1 is 1.35 bits per heavy atom. The Hall–Kier alpha value is -1.68. The van der Waals surface area contributed by atoms with E-state index in [1.165, 1.54) is 11.1 Å². The summed E-state index contributed by atoms with van der Waals surface area (Å²) in [6.45, 7) is 3.12. The van der Waals surface area contributed by atoms with E-state index in [2.05, 4.69) is 28.5 Å². The van der Waals surface area contributed by atoms with Crippen LogP contribution in [0.2, 0.25) is 0 Å². The van der Waals surface area contributed by atoms with Crippen LogP contribution in [0.4, 0.5) is 0 Å². The van der Waals surface area contributed by atoms with Gasteiger partial charge in [-0.2, -0.15) is 5.10 Å². The summed E-state index contributed by atoms with van der Waals surface area (Å²) in [5.74, 6) is 0. The minimum absolute atomic E-state index is 0.356. The first-order valence-electron chi connectivity index (χ1n) is 5.86. The number of hydrogen-bond acceptors (Lipinski definition) is 3.